The second-order valence-electron chi connectivity index (χ2n) is 5.12. The van der Waals surface area contributed by atoms with Crippen molar-refractivity contribution in [3.8, 4) is 0 Å². The molecule has 2 aromatic heterocycles. The number of hydrogen-bond acceptors (Lipinski definition) is 3. The minimum atomic E-state index is -0.345. The van der Waals surface area contributed by atoms with Crippen molar-refractivity contribution in [2.75, 3.05) is 0 Å². The number of halogens is 1. The third-order valence-electron chi connectivity index (χ3n) is 3.51. The summed E-state index contributed by atoms with van der Waals surface area (Å²) in [6, 6.07) is 11.4. The van der Waals surface area contributed by atoms with Crippen LogP contribution in [0.3, 0.4) is 0 Å². The topological polar surface area (TPSA) is 58.8 Å². The molecule has 2 heterocycles. The highest BCUT2D eigenvalue weighted by Gasteiger charge is 2.15. The van der Waals surface area contributed by atoms with Crippen LogP contribution in [0, 0.1) is 12.7 Å². The van der Waals surface area contributed by atoms with Gasteiger partial charge in [-0.05, 0) is 43.7 Å². The van der Waals surface area contributed by atoms with Gasteiger partial charge in [-0.25, -0.2) is 14.8 Å². The zero-order valence-corrected chi connectivity index (χ0v) is 12.7. The van der Waals surface area contributed by atoms with E-state index in [-0.39, 0.29) is 11.7 Å². The summed E-state index contributed by atoms with van der Waals surface area (Å²) < 4.78 is 14.6. The smallest absolute Gasteiger partial charge is 0.290 e. The van der Waals surface area contributed by atoms with E-state index in [1.165, 1.54) is 12.1 Å². The van der Waals surface area contributed by atoms with Crippen molar-refractivity contribution in [3.05, 3.63) is 71.4 Å². The molecule has 0 saturated carbocycles. The first kappa shape index (κ1) is 14.9. The normalized spacial score (nSPS) is 11.7. The first-order chi connectivity index (χ1) is 11.1. The minimum Gasteiger partial charge on any atom is -0.295 e. The van der Waals surface area contributed by atoms with E-state index in [9.17, 15) is 9.18 Å². The molecule has 1 amide bonds. The van der Waals surface area contributed by atoms with Crippen LogP contribution in [-0.2, 0) is 0 Å². The molecule has 5 nitrogen and oxygen atoms in total. The van der Waals surface area contributed by atoms with Crippen LogP contribution in [0.15, 0.2) is 53.8 Å². The lowest BCUT2D eigenvalue weighted by Crippen LogP contribution is -2.21. The van der Waals surface area contributed by atoms with E-state index in [0.29, 0.717) is 22.7 Å². The molecule has 0 aliphatic rings. The first-order valence-electron chi connectivity index (χ1n) is 7.10. The zero-order valence-electron chi connectivity index (χ0n) is 12.7. The molecular formula is C17H15FN4O. The number of aromatic nitrogens is 2. The quantitative estimate of drug-likeness (QED) is 0.597. The molecule has 0 unspecified atom stereocenters. The Morgan fingerprint density at radius 1 is 1.22 bits per heavy atom. The molecule has 23 heavy (non-hydrogen) atoms. The summed E-state index contributed by atoms with van der Waals surface area (Å²) >= 11 is 0. The molecule has 6 heteroatoms. The van der Waals surface area contributed by atoms with Crippen LogP contribution < -0.4 is 5.43 Å². The highest BCUT2D eigenvalue weighted by Crippen LogP contribution is 2.11. The third-order valence-corrected chi connectivity index (χ3v) is 3.51. The van der Waals surface area contributed by atoms with Gasteiger partial charge in [0.15, 0.2) is 0 Å². The molecule has 0 saturated heterocycles. The summed E-state index contributed by atoms with van der Waals surface area (Å²) in [7, 11) is 0. The Morgan fingerprint density at radius 3 is 2.70 bits per heavy atom. The third kappa shape index (κ3) is 2.96. The van der Waals surface area contributed by atoms with Gasteiger partial charge < -0.3 is 0 Å². The molecule has 0 radical (unpaired) electrons. The van der Waals surface area contributed by atoms with Gasteiger partial charge >= 0.3 is 0 Å². The fourth-order valence-corrected chi connectivity index (χ4v) is 2.33. The van der Waals surface area contributed by atoms with Crippen molar-refractivity contribution in [2.45, 2.75) is 13.8 Å². The number of hydrazone groups is 1. The summed E-state index contributed by atoms with van der Waals surface area (Å²) in [6.45, 7) is 3.52. The lowest BCUT2D eigenvalue weighted by Gasteiger charge is -2.04. The largest absolute Gasteiger partial charge is 0.295 e. The number of carbonyl (C=O) groups excluding carboxylic acids is 1. The molecule has 0 aliphatic carbocycles. The van der Waals surface area contributed by atoms with E-state index in [4.69, 9.17) is 0 Å². The number of aryl methyl sites for hydroxylation is 1. The maximum Gasteiger partial charge on any atom is 0.290 e. The Hall–Kier alpha value is -3.02. The number of amides is 1. The van der Waals surface area contributed by atoms with Gasteiger partial charge in [0.25, 0.3) is 5.91 Å². The van der Waals surface area contributed by atoms with Crippen molar-refractivity contribution in [2.24, 2.45) is 5.10 Å². The molecule has 116 valence electrons. The Balaban J connectivity index is 1.85. The Morgan fingerprint density at radius 2 is 1.96 bits per heavy atom. The number of benzene rings is 1. The summed E-state index contributed by atoms with van der Waals surface area (Å²) in [4.78, 5) is 16.7. The van der Waals surface area contributed by atoms with E-state index >= 15 is 0 Å². The van der Waals surface area contributed by atoms with Crippen LogP contribution in [0.1, 0.15) is 28.7 Å². The van der Waals surface area contributed by atoms with Crippen molar-refractivity contribution < 1.29 is 9.18 Å². The predicted molar refractivity (Wildman–Crippen MR) is 86.0 cm³/mol. The molecule has 0 atom stereocenters. The molecule has 1 aromatic carbocycles. The van der Waals surface area contributed by atoms with Gasteiger partial charge in [0.1, 0.15) is 17.2 Å². The number of rotatable bonds is 3. The zero-order chi connectivity index (χ0) is 16.4. The lowest BCUT2D eigenvalue weighted by molar-refractivity contribution is 0.0948. The van der Waals surface area contributed by atoms with Crippen LogP contribution in [0.4, 0.5) is 4.39 Å². The SMILES string of the molecule is C/C(=N/NC(=O)c1c(C)nc2ccccn12)c1ccc(F)cc1. The van der Waals surface area contributed by atoms with Crippen molar-refractivity contribution >= 4 is 17.3 Å². The standard InChI is InChI=1S/C17H15FN4O/c1-11(13-6-8-14(18)9-7-13)20-21-17(23)16-12(2)19-15-5-3-4-10-22(15)16/h3-10H,1-2H3,(H,21,23)/b20-11-. The van der Waals surface area contributed by atoms with E-state index in [2.05, 4.69) is 15.5 Å². The Labute approximate surface area is 132 Å². The summed E-state index contributed by atoms with van der Waals surface area (Å²) in [5, 5.41) is 4.08. The van der Waals surface area contributed by atoms with Crippen LogP contribution >= 0.6 is 0 Å². The fraction of sp³-hybridized carbons (Fsp3) is 0.118. The van der Waals surface area contributed by atoms with Crippen molar-refractivity contribution in [3.63, 3.8) is 0 Å². The van der Waals surface area contributed by atoms with Gasteiger partial charge in [-0.3, -0.25) is 9.20 Å². The highest BCUT2D eigenvalue weighted by atomic mass is 19.1. The number of pyridine rings is 1. The number of nitrogens with one attached hydrogen (secondary N) is 1. The van der Waals surface area contributed by atoms with E-state index in [1.807, 2.05) is 18.2 Å². The predicted octanol–water partition coefficient (Wildman–Crippen LogP) is 2.94. The molecule has 3 rings (SSSR count). The summed E-state index contributed by atoms with van der Waals surface area (Å²) in [5.41, 5.74) is 5.62. The van der Waals surface area contributed by atoms with Crippen LogP contribution in [0.2, 0.25) is 0 Å². The molecule has 1 N–H and O–H groups in total. The fourth-order valence-electron chi connectivity index (χ4n) is 2.33. The van der Waals surface area contributed by atoms with Crippen LogP contribution in [0.25, 0.3) is 5.65 Å². The molecule has 0 spiro atoms. The highest BCUT2D eigenvalue weighted by molar-refractivity contribution is 6.00. The Bertz CT molecular complexity index is 897. The molecule has 3 aromatic rings. The number of hydrogen-bond donors (Lipinski definition) is 1. The maximum atomic E-state index is 12.9. The van der Waals surface area contributed by atoms with Gasteiger partial charge in [0, 0.05) is 6.20 Å². The van der Waals surface area contributed by atoms with E-state index < -0.39 is 0 Å². The lowest BCUT2D eigenvalue weighted by atomic mass is 10.1. The van der Waals surface area contributed by atoms with Crippen LogP contribution in [-0.4, -0.2) is 21.0 Å². The second-order valence-corrected chi connectivity index (χ2v) is 5.12. The van der Waals surface area contributed by atoms with Gasteiger partial charge in [0.05, 0.1) is 11.4 Å². The van der Waals surface area contributed by atoms with E-state index in [0.717, 1.165) is 5.56 Å². The van der Waals surface area contributed by atoms with Gasteiger partial charge in [-0.15, -0.1) is 0 Å². The van der Waals surface area contributed by atoms with Crippen LogP contribution in [0.5, 0.6) is 0 Å². The maximum absolute atomic E-state index is 12.9. The van der Waals surface area contributed by atoms with Gasteiger partial charge in [0.2, 0.25) is 0 Å². The molecule has 0 aliphatic heterocycles. The average Bonchev–Trinajstić information content (AvgIpc) is 2.88. The van der Waals surface area contributed by atoms with Gasteiger partial charge in [-0.2, -0.15) is 5.10 Å². The number of imidazole rings is 1. The van der Waals surface area contributed by atoms with Crippen molar-refractivity contribution in [1.29, 1.82) is 0 Å². The number of carbonyl (C=O) groups is 1. The minimum absolute atomic E-state index is 0.313. The second kappa shape index (κ2) is 6.00. The molecule has 0 bridgehead atoms. The molecule has 0 fully saturated rings. The monoisotopic (exact) mass is 310 g/mol. The number of nitrogens with zero attached hydrogens (tertiary/aromatic N) is 3. The van der Waals surface area contributed by atoms with Gasteiger partial charge in [-0.1, -0.05) is 18.2 Å². The first-order valence-corrected chi connectivity index (χ1v) is 7.10. The Kier molecular flexibility index (Phi) is 3.89. The summed E-state index contributed by atoms with van der Waals surface area (Å²) in [5.74, 6) is -0.658. The van der Waals surface area contributed by atoms with E-state index in [1.54, 1.807) is 36.6 Å². The summed E-state index contributed by atoms with van der Waals surface area (Å²) in [6.07, 6.45) is 1.78. The number of fused-ring (bicyclic) bond motifs is 1. The molecular weight excluding hydrogens is 295 g/mol. The van der Waals surface area contributed by atoms with Crippen molar-refractivity contribution in [1.82, 2.24) is 14.8 Å². The average molecular weight is 310 g/mol.